The smallest absolute Gasteiger partial charge is 0.262 e. The number of carbonyl (C=O) groups excluding carboxylic acids is 1. The number of ketones is 1. The van der Waals surface area contributed by atoms with Gasteiger partial charge in [-0.15, -0.1) is 0 Å². The normalized spacial score (nSPS) is 20.0. The first-order valence-corrected chi connectivity index (χ1v) is 6.36. The molecule has 1 aliphatic heterocycles. The summed E-state index contributed by atoms with van der Waals surface area (Å²) in [5.41, 5.74) is 2.99. The van der Waals surface area contributed by atoms with Crippen LogP contribution in [0.25, 0.3) is 0 Å². The molecule has 4 nitrogen and oxygen atoms in total. The number of fused-ring (bicyclic) bond motifs is 2. The van der Waals surface area contributed by atoms with Crippen molar-refractivity contribution in [1.82, 2.24) is 0 Å². The van der Waals surface area contributed by atoms with Crippen LogP contribution in [0, 0.1) is 0 Å². The Balaban J connectivity index is 2.21. The molecule has 1 aromatic carbocycles. The highest BCUT2D eigenvalue weighted by molar-refractivity contribution is 6.14. The quantitative estimate of drug-likeness (QED) is 0.868. The zero-order valence-electron chi connectivity index (χ0n) is 10.6. The molecule has 0 aromatic heterocycles. The summed E-state index contributed by atoms with van der Waals surface area (Å²) in [4.78, 5) is 12.2. The second-order valence-electron chi connectivity index (χ2n) is 4.64. The van der Waals surface area contributed by atoms with Gasteiger partial charge in [-0.3, -0.25) is 4.79 Å². The summed E-state index contributed by atoms with van der Waals surface area (Å²) in [5, 5.41) is 10.2. The van der Waals surface area contributed by atoms with Crippen LogP contribution in [0.2, 0.25) is 0 Å². The van der Waals surface area contributed by atoms with Crippen LogP contribution in [-0.2, 0) is 28.1 Å². The van der Waals surface area contributed by atoms with Crippen molar-refractivity contribution in [3.05, 3.63) is 28.3 Å². The highest BCUT2D eigenvalue weighted by atomic mass is 16.7. The molecule has 0 unspecified atom stereocenters. The van der Waals surface area contributed by atoms with Crippen LogP contribution >= 0.6 is 0 Å². The Labute approximate surface area is 106 Å². The summed E-state index contributed by atoms with van der Waals surface area (Å²) in [7, 11) is 0. The van der Waals surface area contributed by atoms with Gasteiger partial charge < -0.3 is 14.6 Å². The molecule has 0 saturated carbocycles. The molecule has 1 aliphatic carbocycles. The lowest BCUT2D eigenvalue weighted by Gasteiger charge is -2.37. The van der Waals surface area contributed by atoms with Crippen molar-refractivity contribution in [3.63, 3.8) is 0 Å². The Morgan fingerprint density at radius 2 is 1.94 bits per heavy atom. The van der Waals surface area contributed by atoms with Crippen molar-refractivity contribution in [1.29, 1.82) is 0 Å². The number of rotatable bonds is 2. The van der Waals surface area contributed by atoms with Gasteiger partial charge in [0.05, 0.1) is 18.8 Å². The number of ether oxygens (including phenoxy) is 2. The number of benzene rings is 1. The lowest BCUT2D eigenvalue weighted by molar-refractivity contribution is -0.137. The lowest BCUT2D eigenvalue weighted by atomic mass is 9.76. The van der Waals surface area contributed by atoms with Crippen molar-refractivity contribution >= 4 is 5.78 Å². The first-order valence-electron chi connectivity index (χ1n) is 6.36. The van der Waals surface area contributed by atoms with Crippen LogP contribution in [0.1, 0.15) is 40.9 Å². The van der Waals surface area contributed by atoms with Crippen LogP contribution in [0.4, 0.5) is 0 Å². The average molecular weight is 248 g/mol. The lowest BCUT2D eigenvalue weighted by Crippen LogP contribution is -2.47. The first-order chi connectivity index (χ1) is 8.65. The molecule has 1 heterocycles. The molecule has 1 N–H and O–H groups in total. The SMILES string of the molecule is CCc1cc2c(c(O)c1CC)C(=O)C21OCCO1. The van der Waals surface area contributed by atoms with E-state index in [0.717, 1.165) is 17.5 Å². The fourth-order valence-corrected chi connectivity index (χ4v) is 2.89. The molecule has 4 heteroatoms. The summed E-state index contributed by atoms with van der Waals surface area (Å²) < 4.78 is 10.9. The van der Waals surface area contributed by atoms with Crippen LogP contribution < -0.4 is 0 Å². The molecule has 96 valence electrons. The maximum Gasteiger partial charge on any atom is 0.262 e. The molecule has 0 atom stereocenters. The minimum Gasteiger partial charge on any atom is -0.507 e. The molecule has 3 rings (SSSR count). The van der Waals surface area contributed by atoms with Crippen molar-refractivity contribution in [2.75, 3.05) is 13.2 Å². The summed E-state index contributed by atoms with van der Waals surface area (Å²) in [6.07, 6.45) is 1.53. The molecule has 1 aromatic rings. The van der Waals surface area contributed by atoms with Crippen molar-refractivity contribution in [3.8, 4) is 5.75 Å². The number of carbonyl (C=O) groups is 1. The third-order valence-electron chi connectivity index (χ3n) is 3.81. The number of phenolic OH excluding ortho intramolecular Hbond substituents is 1. The van der Waals surface area contributed by atoms with E-state index >= 15 is 0 Å². The van der Waals surface area contributed by atoms with Crippen molar-refractivity contribution in [2.45, 2.75) is 32.5 Å². The van der Waals surface area contributed by atoms with Gasteiger partial charge in [-0.05, 0) is 30.0 Å². The Hall–Kier alpha value is -1.39. The largest absolute Gasteiger partial charge is 0.507 e. The van der Waals surface area contributed by atoms with E-state index in [0.29, 0.717) is 30.8 Å². The summed E-state index contributed by atoms with van der Waals surface area (Å²) in [6, 6.07) is 1.95. The van der Waals surface area contributed by atoms with Crippen molar-refractivity contribution < 1.29 is 19.4 Å². The van der Waals surface area contributed by atoms with E-state index in [1.54, 1.807) is 0 Å². The summed E-state index contributed by atoms with van der Waals surface area (Å²) in [6.45, 7) is 4.85. The molecular formula is C14H16O4. The van der Waals surface area contributed by atoms with Gasteiger partial charge in [0.25, 0.3) is 5.79 Å². The summed E-state index contributed by atoms with van der Waals surface area (Å²) in [5.74, 6) is -1.35. The van der Waals surface area contributed by atoms with Gasteiger partial charge in [-0.1, -0.05) is 13.8 Å². The van der Waals surface area contributed by atoms with Crippen LogP contribution in [0.5, 0.6) is 5.75 Å². The highest BCUT2D eigenvalue weighted by Crippen LogP contribution is 2.50. The fourth-order valence-electron chi connectivity index (χ4n) is 2.89. The standard InChI is InChI=1S/C14H16O4/c1-3-8-7-10-11(12(15)9(8)4-2)13(16)14(10)17-5-6-18-14/h7,15H,3-6H2,1-2H3. The number of phenols is 1. The van der Waals surface area contributed by atoms with Gasteiger partial charge in [0.1, 0.15) is 5.75 Å². The van der Waals surface area contributed by atoms with Crippen molar-refractivity contribution in [2.24, 2.45) is 0 Å². The van der Waals surface area contributed by atoms with E-state index in [9.17, 15) is 9.90 Å². The van der Waals surface area contributed by atoms with Crippen LogP contribution in [0.3, 0.4) is 0 Å². The zero-order valence-corrected chi connectivity index (χ0v) is 10.6. The third kappa shape index (κ3) is 1.19. The molecule has 1 spiro atoms. The molecule has 1 saturated heterocycles. The minimum absolute atomic E-state index is 0.113. The second-order valence-corrected chi connectivity index (χ2v) is 4.64. The average Bonchev–Trinajstić information content (AvgIpc) is 2.89. The topological polar surface area (TPSA) is 55.8 Å². The van der Waals surface area contributed by atoms with Gasteiger partial charge in [0, 0.05) is 5.56 Å². The first kappa shape index (κ1) is 11.7. The predicted molar refractivity (Wildman–Crippen MR) is 64.8 cm³/mol. The van der Waals surface area contributed by atoms with Gasteiger partial charge in [-0.2, -0.15) is 0 Å². The number of Topliss-reactive ketones (excluding diaryl/α,β-unsaturated/α-hetero) is 1. The Morgan fingerprint density at radius 3 is 2.50 bits per heavy atom. The maximum atomic E-state index is 12.2. The summed E-state index contributed by atoms with van der Waals surface area (Å²) >= 11 is 0. The molecule has 1 fully saturated rings. The Bertz CT molecular complexity index is 527. The monoisotopic (exact) mass is 248 g/mol. The third-order valence-corrected chi connectivity index (χ3v) is 3.81. The van der Waals surface area contributed by atoms with Gasteiger partial charge in [0.2, 0.25) is 5.78 Å². The molecule has 0 amide bonds. The zero-order chi connectivity index (χ0) is 12.9. The Kier molecular flexibility index (Phi) is 2.47. The van der Waals surface area contributed by atoms with E-state index in [1.165, 1.54) is 0 Å². The van der Waals surface area contributed by atoms with E-state index in [4.69, 9.17) is 9.47 Å². The van der Waals surface area contributed by atoms with E-state index in [2.05, 4.69) is 0 Å². The molecule has 2 aliphatic rings. The molecule has 0 radical (unpaired) electrons. The number of hydrogen-bond donors (Lipinski definition) is 1. The number of aryl methyl sites for hydroxylation is 1. The van der Waals surface area contributed by atoms with E-state index in [-0.39, 0.29) is 11.5 Å². The van der Waals surface area contributed by atoms with Gasteiger partial charge in [-0.25, -0.2) is 0 Å². The fraction of sp³-hybridized carbons (Fsp3) is 0.500. The highest BCUT2D eigenvalue weighted by Gasteiger charge is 2.58. The van der Waals surface area contributed by atoms with Gasteiger partial charge >= 0.3 is 0 Å². The molecule has 18 heavy (non-hydrogen) atoms. The molecule has 0 bridgehead atoms. The van der Waals surface area contributed by atoms with Gasteiger partial charge in [0.15, 0.2) is 0 Å². The second kappa shape index (κ2) is 3.80. The predicted octanol–water partition coefficient (Wildman–Crippen LogP) is 1.91. The van der Waals surface area contributed by atoms with Crippen LogP contribution in [-0.4, -0.2) is 24.1 Å². The van der Waals surface area contributed by atoms with E-state index < -0.39 is 5.79 Å². The minimum atomic E-state index is -1.22. The maximum absolute atomic E-state index is 12.2. The van der Waals surface area contributed by atoms with Crippen LogP contribution in [0.15, 0.2) is 6.07 Å². The molecular weight excluding hydrogens is 232 g/mol. The Morgan fingerprint density at radius 1 is 1.28 bits per heavy atom. The van der Waals surface area contributed by atoms with E-state index in [1.807, 2.05) is 19.9 Å². The number of aromatic hydroxyl groups is 1. The number of hydrogen-bond acceptors (Lipinski definition) is 4.